The molecular weight excluding hydrogens is 337 g/mol. The Labute approximate surface area is 143 Å². The van der Waals surface area contributed by atoms with Crippen LogP contribution in [0.5, 0.6) is 0 Å². The third-order valence-corrected chi connectivity index (χ3v) is 3.86. The highest BCUT2D eigenvalue weighted by atomic mass is 35.5. The van der Waals surface area contributed by atoms with Gasteiger partial charge < -0.3 is 10.4 Å². The second kappa shape index (κ2) is 7.31. The number of carbonyl (C=O) groups excluding carboxylic acids is 1. The van der Waals surface area contributed by atoms with E-state index < -0.39 is 5.97 Å². The van der Waals surface area contributed by atoms with Gasteiger partial charge in [-0.1, -0.05) is 29.3 Å². The lowest BCUT2D eigenvalue weighted by Crippen LogP contribution is -2.08. The van der Waals surface area contributed by atoms with Crippen molar-refractivity contribution < 1.29 is 14.7 Å². The highest BCUT2D eigenvalue weighted by molar-refractivity contribution is 6.42. The van der Waals surface area contributed by atoms with Gasteiger partial charge >= 0.3 is 5.97 Å². The molecule has 0 heterocycles. The van der Waals surface area contributed by atoms with Crippen molar-refractivity contribution in [3.8, 4) is 0 Å². The number of halogens is 2. The Morgan fingerprint density at radius 2 is 1.61 bits per heavy atom. The third kappa shape index (κ3) is 4.58. The van der Waals surface area contributed by atoms with Crippen LogP contribution in [-0.4, -0.2) is 17.0 Å². The van der Waals surface area contributed by atoms with E-state index in [2.05, 4.69) is 5.32 Å². The fourth-order valence-electron chi connectivity index (χ4n) is 1.90. The zero-order valence-corrected chi connectivity index (χ0v) is 13.7. The van der Waals surface area contributed by atoms with Gasteiger partial charge in [-0.3, -0.25) is 4.79 Å². The van der Waals surface area contributed by atoms with Crippen molar-refractivity contribution in [2.75, 3.05) is 5.32 Å². The highest BCUT2D eigenvalue weighted by Crippen LogP contribution is 2.26. The molecule has 6 heteroatoms. The molecule has 0 aliphatic heterocycles. The number of aromatic carboxylic acids is 1. The number of carbonyl (C=O) groups is 2. The van der Waals surface area contributed by atoms with E-state index in [9.17, 15) is 9.59 Å². The van der Waals surface area contributed by atoms with Crippen molar-refractivity contribution >= 4 is 46.3 Å². The summed E-state index contributed by atoms with van der Waals surface area (Å²) in [7, 11) is 0. The van der Waals surface area contributed by atoms with Crippen molar-refractivity contribution in [1.29, 1.82) is 0 Å². The third-order valence-electron chi connectivity index (χ3n) is 3.12. The zero-order valence-electron chi connectivity index (χ0n) is 12.1. The summed E-state index contributed by atoms with van der Waals surface area (Å²) in [6.07, 6.45) is 1.44. The summed E-state index contributed by atoms with van der Waals surface area (Å²) in [4.78, 5) is 22.8. The number of anilines is 1. The molecule has 2 aromatic carbocycles. The lowest BCUT2D eigenvalue weighted by molar-refractivity contribution is -0.111. The molecule has 2 rings (SSSR count). The number of rotatable bonds is 4. The van der Waals surface area contributed by atoms with Crippen molar-refractivity contribution in [2.24, 2.45) is 0 Å². The summed E-state index contributed by atoms with van der Waals surface area (Å²) in [6, 6.07) is 11.0. The van der Waals surface area contributed by atoms with E-state index in [1.54, 1.807) is 25.1 Å². The smallest absolute Gasteiger partial charge is 0.335 e. The Bertz CT molecular complexity index is 783. The fraction of sp³-hybridized carbons (Fsp3) is 0.0588. The molecule has 0 radical (unpaired) electrons. The Balaban J connectivity index is 2.10. The first-order valence-electron chi connectivity index (χ1n) is 6.65. The topological polar surface area (TPSA) is 66.4 Å². The quantitative estimate of drug-likeness (QED) is 0.783. The zero-order chi connectivity index (χ0) is 17.0. The maximum atomic E-state index is 12.0. The molecule has 4 nitrogen and oxygen atoms in total. The summed E-state index contributed by atoms with van der Waals surface area (Å²) in [6.45, 7) is 1.78. The predicted molar refractivity (Wildman–Crippen MR) is 92.1 cm³/mol. The molecule has 0 saturated carbocycles. The van der Waals surface area contributed by atoms with E-state index in [4.69, 9.17) is 28.3 Å². The molecular formula is C17H13Cl2NO3. The van der Waals surface area contributed by atoms with Crippen LogP contribution in [0.3, 0.4) is 0 Å². The lowest BCUT2D eigenvalue weighted by atomic mass is 10.1. The summed E-state index contributed by atoms with van der Waals surface area (Å²) in [5.41, 5.74) is 2.18. The molecule has 1 amide bonds. The highest BCUT2D eigenvalue weighted by Gasteiger charge is 2.06. The molecule has 0 fully saturated rings. The van der Waals surface area contributed by atoms with Gasteiger partial charge in [-0.05, 0) is 54.5 Å². The Morgan fingerprint density at radius 3 is 2.17 bits per heavy atom. The number of nitrogens with one attached hydrogen (secondary N) is 1. The average Bonchev–Trinajstić information content (AvgIpc) is 2.50. The normalized spacial score (nSPS) is 11.2. The first-order chi connectivity index (χ1) is 10.9. The molecule has 0 aliphatic rings. The Hall–Kier alpha value is -2.30. The van der Waals surface area contributed by atoms with Gasteiger partial charge in [0.25, 0.3) is 0 Å². The first-order valence-corrected chi connectivity index (χ1v) is 7.40. The molecule has 0 unspecified atom stereocenters. The number of benzene rings is 2. The van der Waals surface area contributed by atoms with Gasteiger partial charge in [-0.15, -0.1) is 0 Å². The molecule has 0 aromatic heterocycles. The molecule has 0 atom stereocenters. The molecule has 0 saturated heterocycles. The van der Waals surface area contributed by atoms with Crippen molar-refractivity contribution in [2.45, 2.75) is 6.92 Å². The van der Waals surface area contributed by atoms with Crippen LogP contribution in [0.2, 0.25) is 10.0 Å². The molecule has 23 heavy (non-hydrogen) atoms. The van der Waals surface area contributed by atoms with Crippen molar-refractivity contribution in [3.05, 3.63) is 69.7 Å². The predicted octanol–water partition coefficient (Wildman–Crippen LogP) is 4.73. The lowest BCUT2D eigenvalue weighted by Gasteiger charge is -2.06. The summed E-state index contributed by atoms with van der Waals surface area (Å²) in [5, 5.41) is 12.4. The molecule has 2 aromatic rings. The van der Waals surface area contributed by atoms with Crippen LogP contribution in [0, 0.1) is 0 Å². The molecule has 0 spiro atoms. The molecule has 118 valence electrons. The minimum atomic E-state index is -1.02. The van der Waals surface area contributed by atoms with Gasteiger partial charge in [0, 0.05) is 11.8 Å². The number of amides is 1. The van der Waals surface area contributed by atoms with E-state index in [0.29, 0.717) is 15.7 Å². The summed E-state index contributed by atoms with van der Waals surface area (Å²) < 4.78 is 0. The largest absolute Gasteiger partial charge is 0.478 e. The molecule has 0 bridgehead atoms. The monoisotopic (exact) mass is 349 g/mol. The van der Waals surface area contributed by atoms with E-state index in [1.807, 2.05) is 0 Å². The molecule has 0 aliphatic carbocycles. The van der Waals surface area contributed by atoms with Crippen molar-refractivity contribution in [1.82, 2.24) is 0 Å². The first kappa shape index (κ1) is 17.1. The van der Waals surface area contributed by atoms with Crippen LogP contribution in [-0.2, 0) is 4.79 Å². The summed E-state index contributed by atoms with van der Waals surface area (Å²) in [5.74, 6) is -1.34. The van der Waals surface area contributed by atoms with Crippen LogP contribution in [0.1, 0.15) is 22.8 Å². The molecule has 2 N–H and O–H groups in total. The van der Waals surface area contributed by atoms with E-state index in [-0.39, 0.29) is 11.5 Å². The standard InChI is InChI=1S/C17H13Cl2NO3/c1-10(12-4-7-14(18)15(19)9-12)8-16(21)20-13-5-2-11(3-6-13)17(22)23/h2-9H,1H3,(H,20,21)(H,22,23)/b10-8-. The second-order valence-electron chi connectivity index (χ2n) is 4.83. The Morgan fingerprint density at radius 1 is 1.00 bits per heavy atom. The van der Waals surface area contributed by atoms with Gasteiger partial charge in [-0.2, -0.15) is 0 Å². The maximum Gasteiger partial charge on any atom is 0.335 e. The van der Waals surface area contributed by atoms with Crippen LogP contribution < -0.4 is 5.32 Å². The van der Waals surface area contributed by atoms with E-state index >= 15 is 0 Å². The number of hydrogen-bond donors (Lipinski definition) is 2. The van der Waals surface area contributed by atoms with Crippen LogP contribution in [0.25, 0.3) is 5.57 Å². The van der Waals surface area contributed by atoms with E-state index in [1.165, 1.54) is 30.3 Å². The fourth-order valence-corrected chi connectivity index (χ4v) is 2.19. The second-order valence-corrected chi connectivity index (χ2v) is 5.64. The minimum Gasteiger partial charge on any atom is -0.478 e. The van der Waals surface area contributed by atoms with Gasteiger partial charge in [0.15, 0.2) is 0 Å². The minimum absolute atomic E-state index is 0.158. The number of carboxylic acid groups (broad SMARTS) is 1. The van der Waals surface area contributed by atoms with Crippen molar-refractivity contribution in [3.63, 3.8) is 0 Å². The number of carboxylic acids is 1. The number of hydrogen-bond acceptors (Lipinski definition) is 2. The van der Waals surface area contributed by atoms with Crippen LogP contribution in [0.15, 0.2) is 48.5 Å². The summed E-state index contributed by atoms with van der Waals surface area (Å²) >= 11 is 11.8. The SMILES string of the molecule is C/C(=C/C(=O)Nc1ccc(C(=O)O)cc1)c1ccc(Cl)c(Cl)c1. The van der Waals surface area contributed by atoms with E-state index in [0.717, 1.165) is 11.1 Å². The van der Waals surface area contributed by atoms with Gasteiger partial charge in [0.1, 0.15) is 0 Å². The van der Waals surface area contributed by atoms with Gasteiger partial charge in [0.2, 0.25) is 5.91 Å². The Kier molecular flexibility index (Phi) is 5.42. The van der Waals surface area contributed by atoms with Gasteiger partial charge in [0.05, 0.1) is 15.6 Å². The van der Waals surface area contributed by atoms with Crippen LogP contribution in [0.4, 0.5) is 5.69 Å². The van der Waals surface area contributed by atoms with Crippen LogP contribution >= 0.6 is 23.2 Å². The maximum absolute atomic E-state index is 12.0. The average molecular weight is 350 g/mol. The number of allylic oxidation sites excluding steroid dienone is 1. The van der Waals surface area contributed by atoms with Gasteiger partial charge in [-0.25, -0.2) is 4.79 Å².